The molecule has 2 amide bonds. The predicted molar refractivity (Wildman–Crippen MR) is 87.4 cm³/mol. The molecule has 132 valence electrons. The maximum atomic E-state index is 13.8. The number of likely N-dealkylation sites (tertiary alicyclic amines) is 1. The minimum absolute atomic E-state index is 0.185. The van der Waals surface area contributed by atoms with Crippen LogP contribution in [0.4, 0.5) is 8.78 Å². The Morgan fingerprint density at radius 1 is 1.17 bits per heavy atom. The summed E-state index contributed by atoms with van der Waals surface area (Å²) >= 11 is 0. The summed E-state index contributed by atoms with van der Waals surface area (Å²) in [7, 11) is 0. The molecule has 1 N–H and O–H groups in total. The lowest BCUT2D eigenvalue weighted by molar-refractivity contribution is -0.135. The highest BCUT2D eigenvalue weighted by molar-refractivity contribution is 5.98. The third-order valence-electron chi connectivity index (χ3n) is 4.50. The molecule has 2 rings (SSSR count). The Morgan fingerprint density at radius 2 is 1.71 bits per heavy atom. The van der Waals surface area contributed by atoms with Crippen LogP contribution in [0.3, 0.4) is 0 Å². The van der Waals surface area contributed by atoms with E-state index in [-0.39, 0.29) is 11.8 Å². The van der Waals surface area contributed by atoms with Crippen molar-refractivity contribution in [3.63, 3.8) is 0 Å². The van der Waals surface area contributed by atoms with Gasteiger partial charge in [-0.1, -0.05) is 26.8 Å². The number of rotatable bonds is 4. The zero-order valence-electron chi connectivity index (χ0n) is 14.3. The molecule has 0 aliphatic carbocycles. The average Bonchev–Trinajstić information content (AvgIpc) is 2.52. The van der Waals surface area contributed by atoms with Gasteiger partial charge in [-0.05, 0) is 36.8 Å². The van der Waals surface area contributed by atoms with Gasteiger partial charge in [0, 0.05) is 13.1 Å². The van der Waals surface area contributed by atoms with Crippen LogP contribution in [0.2, 0.25) is 0 Å². The molecular formula is C18H24F2N2O2. The number of nitrogens with zero attached hydrogens (tertiary/aromatic N) is 1. The van der Waals surface area contributed by atoms with Gasteiger partial charge in [-0.3, -0.25) is 9.59 Å². The lowest BCUT2D eigenvalue weighted by Crippen LogP contribution is -2.53. The smallest absolute Gasteiger partial charge is 0.257 e. The molecule has 0 bridgehead atoms. The Morgan fingerprint density at radius 3 is 2.21 bits per heavy atom. The van der Waals surface area contributed by atoms with E-state index >= 15 is 0 Å². The number of halogens is 2. The molecule has 0 radical (unpaired) electrons. The highest BCUT2D eigenvalue weighted by atomic mass is 19.1. The minimum Gasteiger partial charge on any atom is -0.341 e. The van der Waals surface area contributed by atoms with E-state index in [2.05, 4.69) is 12.2 Å². The average molecular weight is 338 g/mol. The Labute approximate surface area is 141 Å². The van der Waals surface area contributed by atoms with Crippen molar-refractivity contribution in [3.05, 3.63) is 35.4 Å². The molecule has 0 spiro atoms. The molecule has 1 aliphatic rings. The van der Waals surface area contributed by atoms with Gasteiger partial charge in [0.25, 0.3) is 5.91 Å². The fourth-order valence-corrected chi connectivity index (χ4v) is 2.87. The second kappa shape index (κ2) is 7.73. The summed E-state index contributed by atoms with van der Waals surface area (Å²) < 4.78 is 27.5. The second-order valence-corrected chi connectivity index (χ2v) is 6.80. The van der Waals surface area contributed by atoms with Crippen molar-refractivity contribution in [2.75, 3.05) is 13.1 Å². The largest absolute Gasteiger partial charge is 0.341 e. The van der Waals surface area contributed by atoms with Crippen LogP contribution in [-0.2, 0) is 4.79 Å². The van der Waals surface area contributed by atoms with Crippen molar-refractivity contribution in [2.24, 2.45) is 11.8 Å². The Bertz CT molecular complexity index is 591. The SMILES string of the molecule is CC1CCN(C(=O)C(NC(=O)c2c(F)cccc2F)C(C)C)CC1. The zero-order chi connectivity index (χ0) is 17.9. The number of carbonyl (C=O) groups is 2. The topological polar surface area (TPSA) is 49.4 Å². The highest BCUT2D eigenvalue weighted by Crippen LogP contribution is 2.19. The minimum atomic E-state index is -0.936. The van der Waals surface area contributed by atoms with Crippen molar-refractivity contribution in [3.8, 4) is 0 Å². The first kappa shape index (κ1) is 18.4. The number of hydrogen-bond donors (Lipinski definition) is 1. The number of benzene rings is 1. The molecule has 24 heavy (non-hydrogen) atoms. The molecular weight excluding hydrogens is 314 g/mol. The lowest BCUT2D eigenvalue weighted by atomic mass is 9.96. The third kappa shape index (κ3) is 4.10. The van der Waals surface area contributed by atoms with Crippen LogP contribution in [0.25, 0.3) is 0 Å². The first-order valence-corrected chi connectivity index (χ1v) is 8.35. The lowest BCUT2D eigenvalue weighted by Gasteiger charge is -2.34. The standard InChI is InChI=1S/C18H24F2N2O2/c1-11(2)16(18(24)22-9-7-12(3)8-10-22)21-17(23)15-13(19)5-4-6-14(15)20/h4-6,11-12,16H,7-10H2,1-3H3,(H,21,23). The van der Waals surface area contributed by atoms with Crippen LogP contribution in [0.5, 0.6) is 0 Å². The Hall–Kier alpha value is -1.98. The summed E-state index contributed by atoms with van der Waals surface area (Å²) in [6.07, 6.45) is 1.85. The number of carbonyl (C=O) groups excluding carboxylic acids is 2. The van der Waals surface area contributed by atoms with Crippen LogP contribution in [-0.4, -0.2) is 35.8 Å². The molecule has 0 saturated carbocycles. The van der Waals surface area contributed by atoms with Crippen molar-refractivity contribution < 1.29 is 18.4 Å². The summed E-state index contributed by atoms with van der Waals surface area (Å²) in [4.78, 5) is 26.7. The van der Waals surface area contributed by atoms with Gasteiger partial charge in [0.05, 0.1) is 0 Å². The first-order chi connectivity index (χ1) is 11.3. The molecule has 1 atom stereocenters. The Kier molecular flexibility index (Phi) is 5.91. The zero-order valence-corrected chi connectivity index (χ0v) is 14.3. The highest BCUT2D eigenvalue weighted by Gasteiger charge is 2.31. The van der Waals surface area contributed by atoms with Gasteiger partial charge in [0.2, 0.25) is 5.91 Å². The van der Waals surface area contributed by atoms with Gasteiger partial charge in [0.1, 0.15) is 23.2 Å². The van der Waals surface area contributed by atoms with Gasteiger partial charge in [-0.25, -0.2) is 8.78 Å². The summed E-state index contributed by atoms with van der Waals surface area (Å²) in [5, 5.41) is 2.51. The van der Waals surface area contributed by atoms with Crippen LogP contribution >= 0.6 is 0 Å². The van der Waals surface area contributed by atoms with E-state index in [1.807, 2.05) is 0 Å². The molecule has 1 saturated heterocycles. The van der Waals surface area contributed by atoms with Crippen LogP contribution in [0.1, 0.15) is 44.0 Å². The van der Waals surface area contributed by atoms with Gasteiger partial charge < -0.3 is 10.2 Å². The maximum absolute atomic E-state index is 13.8. The van der Waals surface area contributed by atoms with E-state index in [1.165, 1.54) is 6.07 Å². The van der Waals surface area contributed by atoms with Crippen molar-refractivity contribution in [1.82, 2.24) is 10.2 Å². The molecule has 1 aliphatic heterocycles. The van der Waals surface area contributed by atoms with Gasteiger partial charge in [-0.15, -0.1) is 0 Å². The molecule has 6 heteroatoms. The summed E-state index contributed by atoms with van der Waals surface area (Å²) in [5.41, 5.74) is -0.650. The van der Waals surface area contributed by atoms with Crippen molar-refractivity contribution in [1.29, 1.82) is 0 Å². The Balaban J connectivity index is 2.13. The summed E-state index contributed by atoms with van der Waals surface area (Å²) in [5.74, 6) is -2.57. The fraction of sp³-hybridized carbons (Fsp3) is 0.556. The second-order valence-electron chi connectivity index (χ2n) is 6.80. The summed E-state index contributed by atoms with van der Waals surface area (Å²) in [6.45, 7) is 7.03. The van der Waals surface area contributed by atoms with E-state index < -0.39 is 29.1 Å². The number of hydrogen-bond acceptors (Lipinski definition) is 2. The van der Waals surface area contributed by atoms with E-state index in [1.54, 1.807) is 18.7 Å². The van der Waals surface area contributed by atoms with Gasteiger partial charge in [0.15, 0.2) is 0 Å². The molecule has 1 aromatic carbocycles. The van der Waals surface area contributed by atoms with E-state index in [9.17, 15) is 18.4 Å². The molecule has 4 nitrogen and oxygen atoms in total. The molecule has 0 aromatic heterocycles. The van der Waals surface area contributed by atoms with E-state index in [0.717, 1.165) is 25.0 Å². The monoisotopic (exact) mass is 338 g/mol. The van der Waals surface area contributed by atoms with Gasteiger partial charge >= 0.3 is 0 Å². The van der Waals surface area contributed by atoms with E-state index in [0.29, 0.717) is 19.0 Å². The third-order valence-corrected chi connectivity index (χ3v) is 4.50. The summed E-state index contributed by atoms with van der Waals surface area (Å²) in [6, 6.07) is 2.44. The van der Waals surface area contributed by atoms with Crippen LogP contribution < -0.4 is 5.32 Å². The number of nitrogens with one attached hydrogen (secondary N) is 1. The normalized spacial score (nSPS) is 17.0. The maximum Gasteiger partial charge on any atom is 0.257 e. The van der Waals surface area contributed by atoms with E-state index in [4.69, 9.17) is 0 Å². The molecule has 1 heterocycles. The molecule has 1 unspecified atom stereocenters. The first-order valence-electron chi connectivity index (χ1n) is 8.35. The van der Waals surface area contributed by atoms with Crippen LogP contribution in [0.15, 0.2) is 18.2 Å². The molecule has 1 aromatic rings. The molecule has 1 fully saturated rings. The van der Waals surface area contributed by atoms with Gasteiger partial charge in [-0.2, -0.15) is 0 Å². The van der Waals surface area contributed by atoms with Crippen molar-refractivity contribution >= 4 is 11.8 Å². The fourth-order valence-electron chi connectivity index (χ4n) is 2.87. The number of amides is 2. The number of piperidine rings is 1. The quantitative estimate of drug-likeness (QED) is 0.917. The van der Waals surface area contributed by atoms with Crippen molar-refractivity contribution in [2.45, 2.75) is 39.7 Å². The van der Waals surface area contributed by atoms with Crippen LogP contribution in [0, 0.1) is 23.5 Å². The predicted octanol–water partition coefficient (Wildman–Crippen LogP) is 2.98.